The molecule has 0 spiro atoms. The maximum Gasteiger partial charge on any atom is 0.416 e. The van der Waals surface area contributed by atoms with Crippen molar-refractivity contribution in [1.29, 1.82) is 0 Å². The summed E-state index contributed by atoms with van der Waals surface area (Å²) in [6, 6.07) is 17.8. The van der Waals surface area contributed by atoms with E-state index in [0.29, 0.717) is 38.7 Å². The Morgan fingerprint density at radius 2 is 1.66 bits per heavy atom. The summed E-state index contributed by atoms with van der Waals surface area (Å²) < 4.78 is 45.5. The average molecular weight is 586 g/mol. The maximum absolute atomic E-state index is 13.2. The molecule has 1 amide bonds. The first-order valence-corrected chi connectivity index (χ1v) is 12.9. The lowest BCUT2D eigenvalue weighted by Crippen LogP contribution is -2.45. The number of hydrogen-bond donors (Lipinski definition) is 3. The molecule has 4 rings (SSSR count). The summed E-state index contributed by atoms with van der Waals surface area (Å²) in [5.41, 5.74) is 1.27. The molecule has 0 saturated heterocycles. The lowest BCUT2D eigenvalue weighted by Gasteiger charge is -2.30. The van der Waals surface area contributed by atoms with Crippen LogP contribution in [-0.4, -0.2) is 32.8 Å². The Morgan fingerprint density at radius 3 is 2.24 bits per heavy atom. The van der Waals surface area contributed by atoms with Crippen LogP contribution in [0.25, 0.3) is 11.3 Å². The number of rotatable bonds is 9. The number of halogens is 4. The van der Waals surface area contributed by atoms with Gasteiger partial charge < -0.3 is 15.2 Å². The molecule has 0 bridgehead atoms. The first-order chi connectivity index (χ1) is 19.3. The van der Waals surface area contributed by atoms with Crippen LogP contribution in [-0.2, 0) is 22.3 Å². The van der Waals surface area contributed by atoms with E-state index in [-0.39, 0.29) is 12.1 Å². The fourth-order valence-corrected chi connectivity index (χ4v) is 4.47. The number of nitrogens with zero attached hydrogens (tertiary/aromatic N) is 1. The van der Waals surface area contributed by atoms with Gasteiger partial charge in [-0.2, -0.15) is 18.3 Å². The molecule has 214 valence electrons. The lowest BCUT2D eigenvalue weighted by molar-refractivity contribution is -0.148. The van der Waals surface area contributed by atoms with Gasteiger partial charge in [0.05, 0.1) is 22.5 Å². The Bertz CT molecular complexity index is 1550. The van der Waals surface area contributed by atoms with Crippen LogP contribution in [0.4, 0.5) is 13.2 Å². The number of carboxylic acids is 1. The standard InChI is InChI=1S/C30H27ClF3N3O4/c1-17-24(19-12-14-21(15-13-19)30(32,33)34)36-37-25(17)26(22-6-4-5-7-23(22)31)41-29(2,3)28(40)35-16-18-8-10-20(11-9-18)27(38)39/h4-15,26H,16H2,1-3H3,(H,35,40)(H,36,37)(H,38,39). The number of aromatic amines is 1. The zero-order valence-corrected chi connectivity index (χ0v) is 23.1. The summed E-state index contributed by atoms with van der Waals surface area (Å²) in [6.45, 7) is 5.09. The normalized spacial score (nSPS) is 12.7. The Balaban J connectivity index is 1.61. The number of nitrogens with one attached hydrogen (secondary N) is 2. The third-order valence-electron chi connectivity index (χ3n) is 6.60. The van der Waals surface area contributed by atoms with Gasteiger partial charge in [-0.05, 0) is 62.2 Å². The Morgan fingerprint density at radius 1 is 1.02 bits per heavy atom. The molecule has 0 aliphatic rings. The molecule has 1 heterocycles. The Labute approximate surface area is 239 Å². The van der Waals surface area contributed by atoms with Gasteiger partial charge in [-0.15, -0.1) is 0 Å². The molecule has 0 radical (unpaired) electrons. The molecule has 4 aromatic rings. The third kappa shape index (κ3) is 6.78. The summed E-state index contributed by atoms with van der Waals surface area (Å²) in [5.74, 6) is -1.48. The highest BCUT2D eigenvalue weighted by atomic mass is 35.5. The van der Waals surface area contributed by atoms with Gasteiger partial charge in [0.15, 0.2) is 0 Å². The van der Waals surface area contributed by atoms with Crippen LogP contribution >= 0.6 is 11.6 Å². The third-order valence-corrected chi connectivity index (χ3v) is 6.94. The smallest absolute Gasteiger partial charge is 0.416 e. The molecule has 0 fully saturated rings. The molecule has 3 N–H and O–H groups in total. The number of hydrogen-bond acceptors (Lipinski definition) is 4. The van der Waals surface area contributed by atoms with Gasteiger partial charge in [0, 0.05) is 22.7 Å². The maximum atomic E-state index is 13.2. The van der Waals surface area contributed by atoms with E-state index in [9.17, 15) is 22.8 Å². The fraction of sp³-hybridized carbons (Fsp3) is 0.233. The van der Waals surface area contributed by atoms with Crippen LogP contribution in [0.2, 0.25) is 5.02 Å². The summed E-state index contributed by atoms with van der Waals surface area (Å²) in [7, 11) is 0. The van der Waals surface area contributed by atoms with Crippen molar-refractivity contribution in [3.05, 3.63) is 111 Å². The summed E-state index contributed by atoms with van der Waals surface area (Å²) >= 11 is 6.52. The van der Waals surface area contributed by atoms with E-state index in [0.717, 1.165) is 12.1 Å². The lowest BCUT2D eigenvalue weighted by atomic mass is 9.98. The second-order valence-electron chi connectivity index (χ2n) is 9.90. The molecular weight excluding hydrogens is 559 g/mol. The summed E-state index contributed by atoms with van der Waals surface area (Å²) in [4.78, 5) is 24.3. The number of ether oxygens (including phenoxy) is 1. The molecule has 1 unspecified atom stereocenters. The SMILES string of the molecule is Cc1c(C(OC(C)(C)C(=O)NCc2ccc(C(=O)O)cc2)c2ccccc2Cl)n[nH]c1-c1ccc(C(F)(F)F)cc1. The van der Waals surface area contributed by atoms with Crippen LogP contribution in [0, 0.1) is 6.92 Å². The first-order valence-electron chi connectivity index (χ1n) is 12.5. The van der Waals surface area contributed by atoms with Crippen molar-refractivity contribution in [3.63, 3.8) is 0 Å². The summed E-state index contributed by atoms with van der Waals surface area (Å²) in [5, 5.41) is 19.6. The minimum Gasteiger partial charge on any atom is -0.478 e. The molecule has 1 aromatic heterocycles. The van der Waals surface area contributed by atoms with E-state index in [1.165, 1.54) is 24.3 Å². The van der Waals surface area contributed by atoms with E-state index in [1.54, 1.807) is 57.2 Å². The molecule has 1 atom stereocenters. The number of aromatic nitrogens is 2. The molecule has 0 aliphatic heterocycles. The van der Waals surface area contributed by atoms with Crippen molar-refractivity contribution < 1.29 is 32.6 Å². The van der Waals surface area contributed by atoms with Crippen molar-refractivity contribution in [2.45, 2.75) is 45.2 Å². The number of aromatic carboxylic acids is 1. The molecule has 41 heavy (non-hydrogen) atoms. The Kier molecular flexibility index (Phi) is 8.55. The van der Waals surface area contributed by atoms with Gasteiger partial charge in [-0.25, -0.2) is 4.79 Å². The first kappa shape index (κ1) is 29.8. The minimum absolute atomic E-state index is 0.136. The van der Waals surface area contributed by atoms with Crippen molar-refractivity contribution in [2.75, 3.05) is 0 Å². The van der Waals surface area contributed by atoms with Crippen molar-refractivity contribution in [2.24, 2.45) is 0 Å². The second-order valence-corrected chi connectivity index (χ2v) is 10.3. The second kappa shape index (κ2) is 11.8. The average Bonchev–Trinajstić information content (AvgIpc) is 3.31. The zero-order valence-electron chi connectivity index (χ0n) is 22.3. The van der Waals surface area contributed by atoms with Gasteiger partial charge in [0.25, 0.3) is 5.91 Å². The van der Waals surface area contributed by atoms with E-state index in [1.807, 2.05) is 0 Å². The monoisotopic (exact) mass is 585 g/mol. The van der Waals surface area contributed by atoms with Crippen LogP contribution in [0.15, 0.2) is 72.8 Å². The number of carbonyl (C=O) groups excluding carboxylic acids is 1. The van der Waals surface area contributed by atoms with Crippen molar-refractivity contribution in [1.82, 2.24) is 15.5 Å². The van der Waals surface area contributed by atoms with Crippen LogP contribution in [0.5, 0.6) is 0 Å². The minimum atomic E-state index is -4.45. The van der Waals surface area contributed by atoms with Gasteiger partial charge >= 0.3 is 12.1 Å². The quantitative estimate of drug-likeness (QED) is 0.197. The topological polar surface area (TPSA) is 104 Å². The van der Waals surface area contributed by atoms with Crippen molar-refractivity contribution in [3.8, 4) is 11.3 Å². The highest BCUT2D eigenvalue weighted by molar-refractivity contribution is 6.31. The fourth-order valence-electron chi connectivity index (χ4n) is 4.24. The number of alkyl halides is 3. The van der Waals surface area contributed by atoms with Gasteiger partial charge in [-0.1, -0.05) is 54.1 Å². The van der Waals surface area contributed by atoms with Gasteiger partial charge in [0.2, 0.25) is 0 Å². The molecule has 0 aliphatic carbocycles. The number of carboxylic acid groups (broad SMARTS) is 1. The number of H-pyrrole nitrogens is 1. The highest BCUT2D eigenvalue weighted by Gasteiger charge is 2.36. The van der Waals surface area contributed by atoms with E-state index in [2.05, 4.69) is 15.5 Å². The van der Waals surface area contributed by atoms with E-state index < -0.39 is 35.3 Å². The number of carbonyl (C=O) groups is 2. The summed E-state index contributed by atoms with van der Waals surface area (Å²) in [6.07, 6.45) is -5.36. The van der Waals surface area contributed by atoms with Crippen LogP contribution in [0.3, 0.4) is 0 Å². The zero-order chi connectivity index (χ0) is 29.9. The Hall–Kier alpha value is -4.15. The predicted octanol–water partition coefficient (Wildman–Crippen LogP) is 6.96. The predicted molar refractivity (Wildman–Crippen MR) is 147 cm³/mol. The van der Waals surface area contributed by atoms with Crippen molar-refractivity contribution >= 4 is 23.5 Å². The largest absolute Gasteiger partial charge is 0.478 e. The van der Waals surface area contributed by atoms with E-state index in [4.69, 9.17) is 21.4 Å². The molecule has 0 saturated carbocycles. The molecule has 3 aromatic carbocycles. The molecule has 7 nitrogen and oxygen atoms in total. The number of amides is 1. The van der Waals surface area contributed by atoms with Gasteiger partial charge in [0.1, 0.15) is 11.7 Å². The van der Waals surface area contributed by atoms with Crippen LogP contribution in [0.1, 0.15) is 58.3 Å². The molecular formula is C30H27ClF3N3O4. The highest BCUT2D eigenvalue weighted by Crippen LogP contribution is 2.38. The number of benzene rings is 3. The van der Waals surface area contributed by atoms with Gasteiger partial charge in [-0.3, -0.25) is 9.89 Å². The van der Waals surface area contributed by atoms with Crippen LogP contribution < -0.4 is 5.32 Å². The van der Waals surface area contributed by atoms with E-state index >= 15 is 0 Å². The molecule has 11 heteroatoms.